The van der Waals surface area contributed by atoms with Gasteiger partial charge in [-0.15, -0.1) is 0 Å². The molecule has 0 saturated heterocycles. The number of methoxy groups -OCH3 is 1. The summed E-state index contributed by atoms with van der Waals surface area (Å²) >= 11 is 5.30. The highest BCUT2D eigenvalue weighted by Gasteiger charge is 2.09. The van der Waals surface area contributed by atoms with Gasteiger partial charge in [0.2, 0.25) is 0 Å². The third-order valence-corrected chi connectivity index (χ3v) is 3.40. The second-order valence-electron chi connectivity index (χ2n) is 5.13. The number of hydrogen-bond donors (Lipinski definition) is 2. The van der Waals surface area contributed by atoms with Gasteiger partial charge >= 0.3 is 0 Å². The van der Waals surface area contributed by atoms with Crippen molar-refractivity contribution in [3.8, 4) is 11.5 Å². The van der Waals surface area contributed by atoms with E-state index in [9.17, 15) is 0 Å². The van der Waals surface area contributed by atoms with Gasteiger partial charge in [0, 0.05) is 6.20 Å². The van der Waals surface area contributed by atoms with Crippen LogP contribution < -0.4 is 20.1 Å². The normalized spacial score (nSPS) is 11.4. The van der Waals surface area contributed by atoms with Crippen LogP contribution >= 0.6 is 12.2 Å². The molecule has 1 aromatic carbocycles. The van der Waals surface area contributed by atoms with Crippen molar-refractivity contribution in [3.05, 3.63) is 48.2 Å². The lowest BCUT2D eigenvalue weighted by Crippen LogP contribution is -2.39. The van der Waals surface area contributed by atoms with Gasteiger partial charge in [0.1, 0.15) is 12.4 Å². The molecule has 0 aliphatic rings. The van der Waals surface area contributed by atoms with E-state index in [0.717, 1.165) is 11.3 Å². The predicted molar refractivity (Wildman–Crippen MR) is 96.3 cm³/mol. The molecule has 1 atom stereocenters. The van der Waals surface area contributed by atoms with E-state index >= 15 is 0 Å². The Kier molecular flexibility index (Phi) is 6.17. The van der Waals surface area contributed by atoms with Crippen molar-refractivity contribution in [2.45, 2.75) is 19.9 Å². The zero-order valence-corrected chi connectivity index (χ0v) is 14.3. The second-order valence-corrected chi connectivity index (χ2v) is 5.54. The number of hydrogen-bond acceptors (Lipinski definition) is 4. The van der Waals surface area contributed by atoms with Gasteiger partial charge in [-0.1, -0.05) is 18.2 Å². The Bertz CT molecular complexity index is 664. The Morgan fingerprint density at radius 1 is 1.22 bits per heavy atom. The van der Waals surface area contributed by atoms with Gasteiger partial charge in [-0.2, -0.15) is 0 Å². The quantitative estimate of drug-likeness (QED) is 0.793. The van der Waals surface area contributed by atoms with Crippen LogP contribution in [0.5, 0.6) is 11.5 Å². The Hall–Kier alpha value is -2.34. The summed E-state index contributed by atoms with van der Waals surface area (Å²) in [4.78, 5) is 4.21. The number of nitrogens with zero attached hydrogens (tertiary/aromatic N) is 1. The second kappa shape index (κ2) is 8.33. The molecule has 0 amide bonds. The van der Waals surface area contributed by atoms with Crippen molar-refractivity contribution < 1.29 is 9.47 Å². The van der Waals surface area contributed by atoms with Crippen molar-refractivity contribution in [2.24, 2.45) is 0 Å². The van der Waals surface area contributed by atoms with E-state index in [-0.39, 0.29) is 6.04 Å². The van der Waals surface area contributed by atoms with Gasteiger partial charge in [0.25, 0.3) is 0 Å². The number of anilines is 1. The molecule has 1 heterocycles. The number of thiocarbonyl (C=S) groups is 1. The third-order valence-electron chi connectivity index (χ3n) is 3.18. The largest absolute Gasteiger partial charge is 0.493 e. The average Bonchev–Trinajstić information content (AvgIpc) is 2.54. The molecule has 0 aliphatic heterocycles. The van der Waals surface area contributed by atoms with Crippen molar-refractivity contribution in [3.63, 3.8) is 0 Å². The first-order valence-electron chi connectivity index (χ1n) is 7.35. The lowest BCUT2D eigenvalue weighted by molar-refractivity contribution is 0.285. The molecule has 0 bridgehead atoms. The molecule has 0 radical (unpaired) electrons. The maximum atomic E-state index is 5.80. The molecule has 1 aromatic heterocycles. The summed E-state index contributed by atoms with van der Waals surface area (Å²) in [6, 6.07) is 11.6. The molecule has 1 unspecified atom stereocenters. The van der Waals surface area contributed by atoms with Crippen LogP contribution in [0, 0.1) is 6.92 Å². The number of pyridine rings is 1. The molecular formula is C17H21N3O2S. The van der Waals surface area contributed by atoms with Crippen molar-refractivity contribution >= 4 is 23.1 Å². The highest BCUT2D eigenvalue weighted by Crippen LogP contribution is 2.20. The molecule has 0 spiro atoms. The zero-order valence-electron chi connectivity index (χ0n) is 13.5. The van der Waals surface area contributed by atoms with E-state index < -0.39 is 0 Å². The maximum Gasteiger partial charge on any atom is 0.174 e. The fourth-order valence-electron chi connectivity index (χ4n) is 1.99. The van der Waals surface area contributed by atoms with Crippen LogP contribution in [0.25, 0.3) is 0 Å². The molecule has 23 heavy (non-hydrogen) atoms. The summed E-state index contributed by atoms with van der Waals surface area (Å²) in [6.07, 6.45) is 1.68. The molecule has 5 nitrogen and oxygen atoms in total. The minimum atomic E-state index is 0.0457. The fourth-order valence-corrected chi connectivity index (χ4v) is 2.29. The van der Waals surface area contributed by atoms with Crippen molar-refractivity contribution in [1.29, 1.82) is 0 Å². The molecule has 6 heteroatoms. The van der Waals surface area contributed by atoms with Crippen LogP contribution in [0.15, 0.2) is 42.6 Å². The standard InChI is InChI=1S/C17H21N3O2S/c1-12-7-4-5-8-14(12)22-11-13(2)19-17(23)20-16-15(21-3)9-6-10-18-16/h4-10,13H,11H2,1-3H3,(H2,18,19,20,23). The fraction of sp³-hybridized carbons (Fsp3) is 0.294. The molecular weight excluding hydrogens is 310 g/mol. The van der Waals surface area contributed by atoms with Gasteiger partial charge < -0.3 is 20.1 Å². The number of aromatic nitrogens is 1. The summed E-state index contributed by atoms with van der Waals surface area (Å²) in [5, 5.41) is 6.67. The lowest BCUT2D eigenvalue weighted by Gasteiger charge is -2.18. The third kappa shape index (κ3) is 5.10. The molecule has 0 saturated carbocycles. The smallest absolute Gasteiger partial charge is 0.174 e. The summed E-state index contributed by atoms with van der Waals surface area (Å²) in [5.41, 5.74) is 1.11. The lowest BCUT2D eigenvalue weighted by atomic mass is 10.2. The van der Waals surface area contributed by atoms with E-state index in [1.807, 2.05) is 44.2 Å². The van der Waals surface area contributed by atoms with Crippen LogP contribution in [-0.2, 0) is 0 Å². The van der Waals surface area contributed by atoms with Crippen LogP contribution in [0.1, 0.15) is 12.5 Å². The van der Waals surface area contributed by atoms with E-state index in [0.29, 0.717) is 23.3 Å². The van der Waals surface area contributed by atoms with Gasteiger partial charge in [-0.3, -0.25) is 0 Å². The number of aryl methyl sites for hydroxylation is 1. The first-order chi connectivity index (χ1) is 11.1. The summed E-state index contributed by atoms with van der Waals surface area (Å²) in [7, 11) is 1.59. The first-order valence-corrected chi connectivity index (χ1v) is 7.76. The Balaban J connectivity index is 1.84. The van der Waals surface area contributed by atoms with Crippen LogP contribution in [-0.4, -0.2) is 29.9 Å². The van der Waals surface area contributed by atoms with Gasteiger partial charge in [-0.05, 0) is 49.8 Å². The summed E-state index contributed by atoms with van der Waals surface area (Å²) in [5.74, 6) is 2.10. The maximum absolute atomic E-state index is 5.80. The Morgan fingerprint density at radius 3 is 2.70 bits per heavy atom. The van der Waals surface area contributed by atoms with Gasteiger partial charge in [0.15, 0.2) is 16.7 Å². The Labute approximate surface area is 142 Å². The highest BCUT2D eigenvalue weighted by molar-refractivity contribution is 7.80. The predicted octanol–water partition coefficient (Wildman–Crippen LogP) is 3.15. The van der Waals surface area contributed by atoms with Crippen LogP contribution in [0.3, 0.4) is 0 Å². The van der Waals surface area contributed by atoms with E-state index in [1.54, 1.807) is 19.4 Å². The highest BCUT2D eigenvalue weighted by atomic mass is 32.1. The molecule has 2 N–H and O–H groups in total. The average molecular weight is 331 g/mol. The van der Waals surface area contributed by atoms with Gasteiger partial charge in [0.05, 0.1) is 13.2 Å². The SMILES string of the molecule is COc1cccnc1NC(=S)NC(C)COc1ccccc1C. The van der Waals surface area contributed by atoms with Crippen LogP contribution in [0.2, 0.25) is 0 Å². The molecule has 0 fully saturated rings. The van der Waals surface area contributed by atoms with E-state index in [4.69, 9.17) is 21.7 Å². The zero-order chi connectivity index (χ0) is 16.7. The first kappa shape index (κ1) is 17.0. The minimum absolute atomic E-state index is 0.0457. The number of para-hydroxylation sites is 1. The monoisotopic (exact) mass is 331 g/mol. The number of nitrogens with one attached hydrogen (secondary N) is 2. The van der Waals surface area contributed by atoms with E-state index in [1.165, 1.54) is 0 Å². The molecule has 2 aromatic rings. The number of benzene rings is 1. The number of ether oxygens (including phenoxy) is 2. The molecule has 122 valence electrons. The van der Waals surface area contributed by atoms with E-state index in [2.05, 4.69) is 15.6 Å². The summed E-state index contributed by atoms with van der Waals surface area (Å²) in [6.45, 7) is 4.53. The Morgan fingerprint density at radius 2 is 1.96 bits per heavy atom. The van der Waals surface area contributed by atoms with Crippen molar-refractivity contribution in [1.82, 2.24) is 10.3 Å². The molecule has 0 aliphatic carbocycles. The minimum Gasteiger partial charge on any atom is -0.493 e. The van der Waals surface area contributed by atoms with Crippen LogP contribution in [0.4, 0.5) is 5.82 Å². The molecule has 2 rings (SSSR count). The van der Waals surface area contributed by atoms with Gasteiger partial charge in [-0.25, -0.2) is 4.98 Å². The summed E-state index contributed by atoms with van der Waals surface area (Å²) < 4.78 is 11.0. The topological polar surface area (TPSA) is 55.4 Å². The van der Waals surface area contributed by atoms with Crippen molar-refractivity contribution in [2.75, 3.05) is 19.0 Å². The number of rotatable bonds is 6.